The van der Waals surface area contributed by atoms with Crippen LogP contribution in [0.5, 0.6) is 0 Å². The molecule has 0 aliphatic rings. The minimum Gasteiger partial charge on any atom is -0.343 e. The standard InChI is InChI=1S/C13H20ClN3O3S/c1-10(13(18)17(3)9-8-15-2)16-21(19,20)12-6-4-11(14)5-7-12/h4-7,10,15-16H,8-9H2,1-3H3. The number of carbonyl (C=O) groups excluding carboxylic acids is 1. The molecule has 0 heterocycles. The van der Waals surface area contributed by atoms with Gasteiger partial charge in [-0.3, -0.25) is 4.79 Å². The van der Waals surface area contributed by atoms with E-state index in [1.807, 2.05) is 0 Å². The van der Waals surface area contributed by atoms with Crippen molar-refractivity contribution in [3.8, 4) is 0 Å². The van der Waals surface area contributed by atoms with E-state index in [4.69, 9.17) is 11.6 Å². The zero-order valence-corrected chi connectivity index (χ0v) is 13.8. The van der Waals surface area contributed by atoms with Gasteiger partial charge in [-0.25, -0.2) is 8.42 Å². The van der Waals surface area contributed by atoms with Crippen molar-refractivity contribution in [2.75, 3.05) is 27.2 Å². The quantitative estimate of drug-likeness (QED) is 0.769. The first-order valence-electron chi connectivity index (χ1n) is 6.45. The molecule has 6 nitrogen and oxygen atoms in total. The highest BCUT2D eigenvalue weighted by Crippen LogP contribution is 2.14. The van der Waals surface area contributed by atoms with Crippen LogP contribution in [-0.4, -0.2) is 52.5 Å². The molecule has 0 radical (unpaired) electrons. The summed E-state index contributed by atoms with van der Waals surface area (Å²) in [5.41, 5.74) is 0. The minimum absolute atomic E-state index is 0.0735. The van der Waals surface area contributed by atoms with Crippen molar-refractivity contribution in [1.82, 2.24) is 14.9 Å². The molecular weight excluding hydrogens is 314 g/mol. The van der Waals surface area contributed by atoms with E-state index in [-0.39, 0.29) is 10.8 Å². The highest BCUT2D eigenvalue weighted by atomic mass is 35.5. The molecule has 118 valence electrons. The van der Waals surface area contributed by atoms with Gasteiger partial charge in [0, 0.05) is 25.2 Å². The topological polar surface area (TPSA) is 78.5 Å². The van der Waals surface area contributed by atoms with Crippen molar-refractivity contribution < 1.29 is 13.2 Å². The summed E-state index contributed by atoms with van der Waals surface area (Å²) in [6.45, 7) is 2.66. The Bertz CT molecular complexity index is 575. The molecule has 0 saturated heterocycles. The number of sulfonamides is 1. The Kier molecular flexibility index (Phi) is 6.60. The maximum absolute atomic E-state index is 12.2. The third-order valence-electron chi connectivity index (χ3n) is 2.90. The monoisotopic (exact) mass is 333 g/mol. The van der Waals surface area contributed by atoms with Crippen LogP contribution >= 0.6 is 11.6 Å². The second kappa shape index (κ2) is 7.74. The Morgan fingerprint density at radius 2 is 1.90 bits per heavy atom. The van der Waals surface area contributed by atoms with Crippen molar-refractivity contribution in [1.29, 1.82) is 0 Å². The van der Waals surface area contributed by atoms with Crippen LogP contribution in [-0.2, 0) is 14.8 Å². The van der Waals surface area contributed by atoms with E-state index in [2.05, 4.69) is 10.0 Å². The van der Waals surface area contributed by atoms with Crippen LogP contribution in [0.4, 0.5) is 0 Å². The maximum atomic E-state index is 12.2. The van der Waals surface area contributed by atoms with Gasteiger partial charge in [-0.1, -0.05) is 11.6 Å². The van der Waals surface area contributed by atoms with E-state index in [9.17, 15) is 13.2 Å². The Labute approximate surface area is 130 Å². The third-order valence-corrected chi connectivity index (χ3v) is 4.71. The molecule has 2 N–H and O–H groups in total. The van der Waals surface area contributed by atoms with Gasteiger partial charge in [-0.15, -0.1) is 0 Å². The lowest BCUT2D eigenvalue weighted by Crippen LogP contribution is -2.46. The van der Waals surface area contributed by atoms with Crippen molar-refractivity contribution in [3.63, 3.8) is 0 Å². The van der Waals surface area contributed by atoms with Crippen LogP contribution in [0.25, 0.3) is 0 Å². The number of nitrogens with zero attached hydrogens (tertiary/aromatic N) is 1. The Morgan fingerprint density at radius 1 is 1.33 bits per heavy atom. The van der Waals surface area contributed by atoms with E-state index >= 15 is 0 Å². The van der Waals surface area contributed by atoms with E-state index in [0.29, 0.717) is 18.1 Å². The summed E-state index contributed by atoms with van der Waals surface area (Å²) in [4.78, 5) is 13.6. The number of amides is 1. The van der Waals surface area contributed by atoms with Gasteiger partial charge in [-0.05, 0) is 38.2 Å². The first-order chi connectivity index (χ1) is 9.77. The van der Waals surface area contributed by atoms with E-state index in [0.717, 1.165) is 0 Å². The predicted octanol–water partition coefficient (Wildman–Crippen LogP) is 0.685. The number of halogens is 1. The highest BCUT2D eigenvalue weighted by Gasteiger charge is 2.24. The van der Waals surface area contributed by atoms with Gasteiger partial charge < -0.3 is 10.2 Å². The van der Waals surface area contributed by atoms with Crippen LogP contribution in [0.3, 0.4) is 0 Å². The number of hydrogen-bond donors (Lipinski definition) is 2. The molecule has 0 aliphatic carbocycles. The predicted molar refractivity (Wildman–Crippen MR) is 82.8 cm³/mol. The largest absolute Gasteiger partial charge is 0.343 e. The number of rotatable bonds is 7. The molecule has 1 rings (SSSR count). The van der Waals surface area contributed by atoms with Crippen LogP contribution in [0, 0.1) is 0 Å². The van der Waals surface area contributed by atoms with E-state index in [1.54, 1.807) is 14.1 Å². The van der Waals surface area contributed by atoms with Gasteiger partial charge >= 0.3 is 0 Å². The molecule has 1 aromatic carbocycles. The zero-order chi connectivity index (χ0) is 16.0. The Balaban J connectivity index is 2.74. The van der Waals surface area contributed by atoms with Gasteiger partial charge in [-0.2, -0.15) is 4.72 Å². The summed E-state index contributed by atoms with van der Waals surface area (Å²) in [6, 6.07) is 4.93. The maximum Gasteiger partial charge on any atom is 0.241 e. The average molecular weight is 334 g/mol. The lowest BCUT2D eigenvalue weighted by atomic mass is 10.3. The molecule has 0 bridgehead atoms. The smallest absolute Gasteiger partial charge is 0.241 e. The van der Waals surface area contributed by atoms with Crippen LogP contribution in [0.15, 0.2) is 29.2 Å². The molecule has 0 saturated carbocycles. The lowest BCUT2D eigenvalue weighted by Gasteiger charge is -2.22. The summed E-state index contributed by atoms with van der Waals surface area (Å²) < 4.78 is 26.7. The fourth-order valence-corrected chi connectivity index (χ4v) is 3.01. The molecule has 21 heavy (non-hydrogen) atoms. The Hall–Kier alpha value is -1.15. The van der Waals surface area contributed by atoms with Crippen LogP contribution in [0.1, 0.15) is 6.92 Å². The number of carbonyl (C=O) groups is 1. The molecule has 0 spiro atoms. The molecule has 0 fully saturated rings. The number of benzene rings is 1. The lowest BCUT2D eigenvalue weighted by molar-refractivity contribution is -0.131. The van der Waals surface area contributed by atoms with Gasteiger partial charge in [0.1, 0.15) is 0 Å². The summed E-state index contributed by atoms with van der Waals surface area (Å²) in [7, 11) is -0.333. The van der Waals surface area contributed by atoms with Gasteiger partial charge in [0.05, 0.1) is 10.9 Å². The summed E-state index contributed by atoms with van der Waals surface area (Å²) in [5, 5.41) is 3.38. The van der Waals surface area contributed by atoms with Gasteiger partial charge in [0.2, 0.25) is 15.9 Å². The zero-order valence-electron chi connectivity index (χ0n) is 12.3. The molecule has 1 unspecified atom stereocenters. The summed E-state index contributed by atoms with van der Waals surface area (Å²) in [5.74, 6) is -0.289. The molecule has 0 aromatic heterocycles. The Morgan fingerprint density at radius 3 is 2.43 bits per heavy atom. The van der Waals surface area contributed by atoms with Crippen molar-refractivity contribution >= 4 is 27.5 Å². The third kappa shape index (κ3) is 5.28. The molecule has 0 aliphatic heterocycles. The highest BCUT2D eigenvalue weighted by molar-refractivity contribution is 7.89. The van der Waals surface area contributed by atoms with E-state index < -0.39 is 16.1 Å². The van der Waals surface area contributed by atoms with Crippen LogP contribution in [0.2, 0.25) is 5.02 Å². The normalized spacial score (nSPS) is 13.0. The van der Waals surface area contributed by atoms with Crippen molar-refractivity contribution in [2.45, 2.75) is 17.9 Å². The molecule has 1 aromatic rings. The van der Waals surface area contributed by atoms with Crippen LogP contribution < -0.4 is 10.0 Å². The minimum atomic E-state index is -3.75. The fraction of sp³-hybridized carbons (Fsp3) is 0.462. The first-order valence-corrected chi connectivity index (χ1v) is 8.31. The second-order valence-corrected chi connectivity index (χ2v) is 6.81. The second-order valence-electron chi connectivity index (χ2n) is 4.66. The van der Waals surface area contributed by atoms with Crippen molar-refractivity contribution in [2.24, 2.45) is 0 Å². The van der Waals surface area contributed by atoms with Crippen molar-refractivity contribution in [3.05, 3.63) is 29.3 Å². The van der Waals surface area contributed by atoms with E-state index in [1.165, 1.54) is 36.1 Å². The number of hydrogen-bond acceptors (Lipinski definition) is 4. The summed E-state index contributed by atoms with van der Waals surface area (Å²) in [6.07, 6.45) is 0. The average Bonchev–Trinajstić information content (AvgIpc) is 2.43. The summed E-state index contributed by atoms with van der Waals surface area (Å²) >= 11 is 5.73. The first kappa shape index (κ1) is 17.9. The molecular formula is C13H20ClN3O3S. The number of likely N-dealkylation sites (N-methyl/N-ethyl adjacent to an activating group) is 2. The number of nitrogens with one attached hydrogen (secondary N) is 2. The molecule has 8 heteroatoms. The fourth-order valence-electron chi connectivity index (χ4n) is 1.69. The SMILES string of the molecule is CNCCN(C)C(=O)C(C)NS(=O)(=O)c1ccc(Cl)cc1. The van der Waals surface area contributed by atoms with Gasteiger partial charge in [0.15, 0.2) is 0 Å². The molecule has 1 amide bonds. The van der Waals surface area contributed by atoms with Gasteiger partial charge in [0.25, 0.3) is 0 Å². The molecule has 1 atom stereocenters.